The van der Waals surface area contributed by atoms with Gasteiger partial charge in [0, 0.05) is 18.6 Å². The number of allylic oxidation sites excluding steroid dienone is 2. The summed E-state index contributed by atoms with van der Waals surface area (Å²) in [5.41, 5.74) is 0.345. The summed E-state index contributed by atoms with van der Waals surface area (Å²) in [4.78, 5) is 0. The van der Waals surface area contributed by atoms with E-state index in [0.717, 1.165) is 11.6 Å². The molecule has 0 aliphatic rings. The summed E-state index contributed by atoms with van der Waals surface area (Å²) in [5, 5.41) is 0.0421. The molecule has 0 spiro atoms. The maximum Gasteiger partial charge on any atom is 0.412 e. The highest BCUT2D eigenvalue weighted by Crippen LogP contribution is 2.39. The average Bonchev–Trinajstić information content (AvgIpc) is 2.65. The van der Waals surface area contributed by atoms with Gasteiger partial charge in [-0.2, -0.15) is 13.2 Å². The number of alkyl halides is 3. The second kappa shape index (κ2) is 13.5. The van der Waals surface area contributed by atoms with Crippen LogP contribution in [0.4, 0.5) is 13.2 Å². The van der Waals surface area contributed by atoms with Gasteiger partial charge >= 0.3 is 6.18 Å². The number of ether oxygens (including phenoxy) is 2. The second-order valence-corrected chi connectivity index (χ2v) is 14.5. The van der Waals surface area contributed by atoms with Crippen molar-refractivity contribution in [3.8, 4) is 0 Å². The molecule has 0 N–H and O–H groups in total. The summed E-state index contributed by atoms with van der Waals surface area (Å²) >= 11 is 0. The Morgan fingerprint density at radius 1 is 1.12 bits per heavy atom. The summed E-state index contributed by atoms with van der Waals surface area (Å²) in [6.45, 7) is 22.4. The van der Waals surface area contributed by atoms with Gasteiger partial charge in [0.2, 0.25) is 0 Å². The Morgan fingerprint density at radius 3 is 2.16 bits per heavy atom. The van der Waals surface area contributed by atoms with E-state index in [1.165, 1.54) is 6.08 Å². The van der Waals surface area contributed by atoms with E-state index in [4.69, 9.17) is 13.9 Å². The summed E-state index contributed by atoms with van der Waals surface area (Å²) in [7, 11) is -0.423. The predicted molar refractivity (Wildman–Crippen MR) is 130 cm³/mol. The minimum atomic E-state index is -4.35. The zero-order valence-electron chi connectivity index (χ0n) is 21.1. The van der Waals surface area contributed by atoms with Crippen molar-refractivity contribution in [3.63, 3.8) is 0 Å². The van der Waals surface area contributed by atoms with Crippen LogP contribution < -0.4 is 0 Å². The minimum Gasteiger partial charge on any atom is -0.410 e. The topological polar surface area (TPSA) is 27.7 Å². The molecule has 0 aromatic heterocycles. The molecule has 0 rings (SSSR count). The third-order valence-electron chi connectivity index (χ3n) is 5.89. The van der Waals surface area contributed by atoms with Crippen molar-refractivity contribution in [1.29, 1.82) is 0 Å². The molecule has 0 bridgehead atoms. The van der Waals surface area contributed by atoms with E-state index < -0.39 is 20.1 Å². The van der Waals surface area contributed by atoms with Crippen molar-refractivity contribution in [1.82, 2.24) is 0 Å². The molecule has 32 heavy (non-hydrogen) atoms. The molecule has 7 heteroatoms. The number of hydrogen-bond donors (Lipinski definition) is 0. The van der Waals surface area contributed by atoms with E-state index in [-0.39, 0.29) is 49.2 Å². The highest BCUT2D eigenvalue weighted by molar-refractivity contribution is 6.74. The van der Waals surface area contributed by atoms with Crippen LogP contribution in [0.25, 0.3) is 0 Å². The fraction of sp³-hybridized carbons (Fsp3) is 0.680. The van der Waals surface area contributed by atoms with Crippen molar-refractivity contribution in [3.05, 3.63) is 48.6 Å². The molecule has 0 amide bonds. The Bertz CT molecular complexity index is 646. The molecular weight excluding hydrogens is 433 g/mol. The van der Waals surface area contributed by atoms with Gasteiger partial charge in [-0.1, -0.05) is 57.6 Å². The van der Waals surface area contributed by atoms with E-state index in [2.05, 4.69) is 47.0 Å². The van der Waals surface area contributed by atoms with Crippen LogP contribution in [0.1, 0.15) is 47.5 Å². The number of hydrogen-bond acceptors (Lipinski definition) is 3. The summed E-state index contributed by atoms with van der Waals surface area (Å²) in [6, 6.07) is 0. The molecule has 0 aliphatic heterocycles. The molecule has 0 saturated heterocycles. The SMILES string of the molecule is C=CCC/C(=C/COC/C(C)=C\[C@@H](C)[C@H](O[Si](C)(C)C(C)(C)C)[C@H](C=C)OC)C(F)(F)F. The number of methoxy groups -OCH3 is 1. The van der Waals surface area contributed by atoms with Gasteiger partial charge in [-0.15, -0.1) is 13.2 Å². The molecule has 3 atom stereocenters. The maximum atomic E-state index is 13.1. The van der Waals surface area contributed by atoms with Crippen LogP contribution in [-0.2, 0) is 13.9 Å². The smallest absolute Gasteiger partial charge is 0.410 e. The number of halogens is 3. The van der Waals surface area contributed by atoms with Gasteiger partial charge in [0.15, 0.2) is 8.32 Å². The summed E-state index contributed by atoms with van der Waals surface area (Å²) in [6.07, 6.45) is 1.74. The molecular formula is C25H43F3O3Si. The number of rotatable bonds is 14. The predicted octanol–water partition coefficient (Wildman–Crippen LogP) is 7.63. The Kier molecular flexibility index (Phi) is 13.0. The largest absolute Gasteiger partial charge is 0.412 e. The van der Waals surface area contributed by atoms with E-state index >= 15 is 0 Å². The lowest BCUT2D eigenvalue weighted by Crippen LogP contribution is -2.49. The van der Waals surface area contributed by atoms with E-state index in [1.807, 2.05) is 19.9 Å². The normalized spacial score (nSPS) is 17.1. The lowest BCUT2D eigenvalue weighted by atomic mass is 9.97. The van der Waals surface area contributed by atoms with Crippen molar-refractivity contribution >= 4 is 8.32 Å². The Balaban J connectivity index is 5.27. The van der Waals surface area contributed by atoms with Gasteiger partial charge in [0.25, 0.3) is 0 Å². The maximum absolute atomic E-state index is 13.1. The van der Waals surface area contributed by atoms with Gasteiger partial charge in [0.05, 0.1) is 19.3 Å². The van der Waals surface area contributed by atoms with Gasteiger partial charge in [0.1, 0.15) is 6.10 Å². The van der Waals surface area contributed by atoms with E-state index in [9.17, 15) is 13.2 Å². The first-order valence-electron chi connectivity index (χ1n) is 11.1. The highest BCUT2D eigenvalue weighted by Gasteiger charge is 2.41. The first kappa shape index (κ1) is 30.8. The van der Waals surface area contributed by atoms with E-state index in [1.54, 1.807) is 13.2 Å². The highest BCUT2D eigenvalue weighted by atomic mass is 28.4. The van der Waals surface area contributed by atoms with E-state index in [0.29, 0.717) is 0 Å². The second-order valence-electron chi connectivity index (χ2n) is 9.72. The fourth-order valence-corrected chi connectivity index (χ4v) is 4.33. The molecule has 3 nitrogen and oxygen atoms in total. The minimum absolute atomic E-state index is 0.00421. The molecule has 0 unspecified atom stereocenters. The zero-order chi connectivity index (χ0) is 25.2. The molecule has 0 radical (unpaired) electrons. The Hall–Kier alpha value is -1.15. The molecule has 186 valence electrons. The van der Waals surface area contributed by atoms with Gasteiger partial charge in [-0.3, -0.25) is 0 Å². The Labute approximate surface area is 194 Å². The van der Waals surface area contributed by atoms with Crippen LogP contribution in [0.3, 0.4) is 0 Å². The molecule has 0 aromatic rings. The van der Waals surface area contributed by atoms with Crippen LogP contribution >= 0.6 is 0 Å². The van der Waals surface area contributed by atoms with Crippen LogP contribution in [0.15, 0.2) is 48.6 Å². The van der Waals surface area contributed by atoms with Gasteiger partial charge in [-0.25, -0.2) is 0 Å². The third kappa shape index (κ3) is 10.6. The fourth-order valence-electron chi connectivity index (χ4n) is 2.94. The molecule has 0 aliphatic carbocycles. The third-order valence-corrected chi connectivity index (χ3v) is 10.4. The lowest BCUT2D eigenvalue weighted by Gasteiger charge is -2.42. The van der Waals surface area contributed by atoms with Crippen molar-refractivity contribution < 1.29 is 27.1 Å². The van der Waals surface area contributed by atoms with Crippen molar-refractivity contribution in [2.24, 2.45) is 5.92 Å². The molecule has 0 fully saturated rings. The summed E-state index contributed by atoms with van der Waals surface area (Å²) in [5.74, 6) is 0.00421. The first-order valence-corrected chi connectivity index (χ1v) is 14.0. The van der Waals surface area contributed by atoms with Gasteiger partial charge < -0.3 is 13.9 Å². The van der Waals surface area contributed by atoms with Crippen LogP contribution in [0.5, 0.6) is 0 Å². The lowest BCUT2D eigenvalue weighted by molar-refractivity contribution is -0.0945. The molecule has 0 saturated carbocycles. The standard InChI is InChI=1S/C25H43F3O3Si/c1-11-13-14-21(25(26,27)28)15-16-30-18-19(3)17-20(4)23(22(12-2)29-8)31-32(9,10)24(5,6)7/h11-12,15,17,20,22-23H,1-2,13-14,16,18H2,3-10H3/b19-17-,21-15-/t20-,22+,23+/m1/s1. The monoisotopic (exact) mass is 476 g/mol. The average molecular weight is 477 g/mol. The quantitative estimate of drug-likeness (QED) is 0.146. The molecule has 0 heterocycles. The van der Waals surface area contributed by atoms with Crippen molar-refractivity contribution in [2.75, 3.05) is 20.3 Å². The van der Waals surface area contributed by atoms with Crippen LogP contribution in [0.2, 0.25) is 18.1 Å². The molecule has 0 aromatic carbocycles. The first-order chi connectivity index (χ1) is 14.6. The zero-order valence-corrected chi connectivity index (χ0v) is 22.1. The van der Waals surface area contributed by atoms with Crippen LogP contribution in [-0.4, -0.2) is 47.0 Å². The van der Waals surface area contributed by atoms with Gasteiger partial charge in [-0.05, 0) is 37.9 Å². The van der Waals surface area contributed by atoms with Crippen molar-refractivity contribution in [2.45, 2.75) is 84.0 Å². The summed E-state index contributed by atoms with van der Waals surface area (Å²) < 4.78 is 56.9. The van der Waals surface area contributed by atoms with Crippen LogP contribution in [0, 0.1) is 5.92 Å². The Morgan fingerprint density at radius 2 is 1.72 bits per heavy atom.